The van der Waals surface area contributed by atoms with Crippen LogP contribution in [0.3, 0.4) is 0 Å². The number of H-pyrrole nitrogens is 1. The number of anilines is 1. The van der Waals surface area contributed by atoms with Crippen LogP contribution >= 0.6 is 0 Å². The number of ether oxygens (including phenoxy) is 1. The lowest BCUT2D eigenvalue weighted by Gasteiger charge is -2.36. The van der Waals surface area contributed by atoms with Crippen LogP contribution < -0.4 is 9.64 Å². The Morgan fingerprint density at radius 2 is 1.87 bits per heavy atom. The van der Waals surface area contributed by atoms with E-state index in [2.05, 4.69) is 9.88 Å². The molecule has 0 bridgehead atoms. The molecule has 2 N–H and O–H groups in total. The summed E-state index contributed by atoms with van der Waals surface area (Å²) < 4.78 is 31.8. The summed E-state index contributed by atoms with van der Waals surface area (Å²) in [5, 5.41) is 9.77. The van der Waals surface area contributed by atoms with Crippen LogP contribution in [0.25, 0.3) is 10.9 Å². The minimum absolute atomic E-state index is 0.316. The van der Waals surface area contributed by atoms with Crippen molar-refractivity contribution in [2.24, 2.45) is 0 Å². The van der Waals surface area contributed by atoms with Gasteiger partial charge in [-0.3, -0.25) is 4.90 Å². The van der Waals surface area contributed by atoms with Crippen LogP contribution in [-0.2, 0) is 6.42 Å². The van der Waals surface area contributed by atoms with Crippen molar-refractivity contribution in [2.45, 2.75) is 19.3 Å². The summed E-state index contributed by atoms with van der Waals surface area (Å²) in [5.74, 6) is -0.749. The van der Waals surface area contributed by atoms with Gasteiger partial charge in [-0.2, -0.15) is 0 Å². The maximum Gasteiger partial charge on any atom is 0.511 e. The van der Waals surface area contributed by atoms with E-state index in [0.29, 0.717) is 11.4 Å². The number of rotatable bonds is 7. The Kier molecular flexibility index (Phi) is 6.36. The van der Waals surface area contributed by atoms with Crippen molar-refractivity contribution in [1.82, 2.24) is 9.88 Å². The minimum Gasteiger partial charge on any atom is -0.449 e. The smallest absolute Gasteiger partial charge is 0.449 e. The highest BCUT2D eigenvalue weighted by atomic mass is 19.1. The molecule has 2 aromatic carbocycles. The van der Waals surface area contributed by atoms with Gasteiger partial charge in [-0.15, -0.1) is 0 Å². The molecule has 0 atom stereocenters. The number of fused-ring (bicyclic) bond motifs is 1. The maximum absolute atomic E-state index is 14.0. The summed E-state index contributed by atoms with van der Waals surface area (Å²) in [6, 6.07) is 8.95. The normalized spacial score (nSPS) is 14.8. The van der Waals surface area contributed by atoms with Crippen LogP contribution in [0.15, 0.2) is 42.6 Å². The Labute approximate surface area is 179 Å². The second-order valence-electron chi connectivity index (χ2n) is 7.77. The van der Waals surface area contributed by atoms with E-state index >= 15 is 0 Å². The van der Waals surface area contributed by atoms with Crippen molar-refractivity contribution in [2.75, 3.05) is 37.6 Å². The fourth-order valence-corrected chi connectivity index (χ4v) is 4.13. The molecule has 1 saturated heterocycles. The van der Waals surface area contributed by atoms with Crippen LogP contribution in [0.4, 0.5) is 19.3 Å². The summed E-state index contributed by atoms with van der Waals surface area (Å²) in [6.45, 7) is 4.10. The molecular formula is C23H25F2N3O3. The first-order valence-corrected chi connectivity index (χ1v) is 10.4. The molecule has 31 heavy (non-hydrogen) atoms. The van der Waals surface area contributed by atoms with Crippen LogP contribution in [0.1, 0.15) is 18.4 Å². The van der Waals surface area contributed by atoms with Crippen molar-refractivity contribution in [3.63, 3.8) is 0 Å². The first-order chi connectivity index (χ1) is 15.0. The number of nitrogens with one attached hydrogen (secondary N) is 1. The van der Waals surface area contributed by atoms with Gasteiger partial charge < -0.3 is 19.7 Å². The molecule has 0 spiro atoms. The third-order valence-electron chi connectivity index (χ3n) is 5.74. The number of unbranched alkanes of at least 4 members (excludes halogenated alkanes) is 1. The van der Waals surface area contributed by atoms with Crippen LogP contribution in [0.5, 0.6) is 5.75 Å². The van der Waals surface area contributed by atoms with Gasteiger partial charge in [-0.05, 0) is 61.7 Å². The molecule has 0 aliphatic carbocycles. The van der Waals surface area contributed by atoms with Gasteiger partial charge in [-0.1, -0.05) is 0 Å². The average molecular weight is 429 g/mol. The third-order valence-corrected chi connectivity index (χ3v) is 5.74. The van der Waals surface area contributed by atoms with Gasteiger partial charge in [0.15, 0.2) is 0 Å². The Hall–Kier alpha value is -3.13. The zero-order valence-corrected chi connectivity index (χ0v) is 17.1. The third kappa shape index (κ3) is 5.14. The molecule has 1 aliphatic rings. The second-order valence-corrected chi connectivity index (χ2v) is 7.77. The Morgan fingerprint density at radius 3 is 2.61 bits per heavy atom. The summed E-state index contributed by atoms with van der Waals surface area (Å²) in [4.78, 5) is 18.3. The predicted molar refractivity (Wildman–Crippen MR) is 115 cm³/mol. The monoisotopic (exact) mass is 429 g/mol. The number of hydrogen-bond acceptors (Lipinski definition) is 4. The molecule has 0 radical (unpaired) electrons. The largest absolute Gasteiger partial charge is 0.511 e. The van der Waals surface area contributed by atoms with E-state index in [1.807, 2.05) is 17.2 Å². The zero-order valence-electron chi connectivity index (χ0n) is 17.1. The van der Waals surface area contributed by atoms with Crippen LogP contribution in [0.2, 0.25) is 0 Å². The SMILES string of the molecule is O=C(O)Oc1ccc2[nH]cc(CCCCN3CCN(c4ccc(F)cc4F)CC3)c2c1. The average Bonchev–Trinajstić information content (AvgIpc) is 3.14. The van der Waals surface area contributed by atoms with Crippen LogP contribution in [-0.4, -0.2) is 53.9 Å². The number of halogens is 2. The van der Waals surface area contributed by atoms with Crippen LogP contribution in [0, 0.1) is 11.6 Å². The molecule has 8 heteroatoms. The fraction of sp³-hybridized carbons (Fsp3) is 0.348. The quantitative estimate of drug-likeness (QED) is 0.325. The molecule has 1 fully saturated rings. The lowest BCUT2D eigenvalue weighted by molar-refractivity contribution is 0.144. The molecule has 3 aromatic rings. The van der Waals surface area contributed by atoms with Gasteiger partial charge in [0.25, 0.3) is 0 Å². The number of carbonyl (C=O) groups is 1. The van der Waals surface area contributed by atoms with Gasteiger partial charge in [0.05, 0.1) is 5.69 Å². The molecule has 4 rings (SSSR count). The van der Waals surface area contributed by atoms with E-state index in [1.165, 1.54) is 12.1 Å². The molecule has 164 valence electrons. The molecule has 0 saturated carbocycles. The molecule has 0 amide bonds. The summed E-state index contributed by atoms with van der Waals surface area (Å²) in [6.07, 6.45) is 3.56. The molecule has 6 nitrogen and oxygen atoms in total. The van der Waals surface area contributed by atoms with Crippen molar-refractivity contribution in [3.05, 3.63) is 59.8 Å². The van der Waals surface area contributed by atoms with E-state index in [0.717, 1.165) is 74.5 Å². The number of carboxylic acid groups (broad SMARTS) is 1. The first kappa shape index (κ1) is 21.1. The lowest BCUT2D eigenvalue weighted by atomic mass is 10.1. The maximum atomic E-state index is 14.0. The van der Waals surface area contributed by atoms with Gasteiger partial charge >= 0.3 is 6.16 Å². The van der Waals surface area contributed by atoms with Crippen molar-refractivity contribution < 1.29 is 23.4 Å². The van der Waals surface area contributed by atoms with Crippen molar-refractivity contribution in [3.8, 4) is 5.75 Å². The molecular weight excluding hydrogens is 404 g/mol. The second kappa shape index (κ2) is 9.34. The van der Waals surface area contributed by atoms with E-state index in [9.17, 15) is 13.6 Å². The Balaban J connectivity index is 1.24. The van der Waals surface area contributed by atoms with Crippen molar-refractivity contribution in [1.29, 1.82) is 0 Å². The standard InChI is InChI=1S/C23H25F2N3O3/c24-17-4-7-22(20(25)13-17)28-11-9-27(10-12-28)8-2-1-3-16-15-26-21-6-5-18(14-19(16)21)31-23(29)30/h4-7,13-15,26H,1-3,8-12H2,(H,29,30). The lowest BCUT2D eigenvalue weighted by Crippen LogP contribution is -2.46. The number of piperazine rings is 1. The number of nitrogens with zero attached hydrogens (tertiary/aromatic N) is 2. The van der Waals surface area contributed by atoms with E-state index < -0.39 is 17.8 Å². The van der Waals surface area contributed by atoms with E-state index in [4.69, 9.17) is 9.84 Å². The fourth-order valence-electron chi connectivity index (χ4n) is 4.13. The number of aryl methyl sites for hydroxylation is 1. The zero-order chi connectivity index (χ0) is 21.8. The first-order valence-electron chi connectivity index (χ1n) is 10.4. The minimum atomic E-state index is -1.32. The highest BCUT2D eigenvalue weighted by molar-refractivity contribution is 5.85. The number of hydrogen-bond donors (Lipinski definition) is 2. The van der Waals surface area contributed by atoms with Gasteiger partial charge in [0.1, 0.15) is 17.4 Å². The van der Waals surface area contributed by atoms with E-state index in [1.54, 1.807) is 12.1 Å². The summed E-state index contributed by atoms with van der Waals surface area (Å²) in [5.41, 5.74) is 2.56. The molecule has 0 unspecified atom stereocenters. The van der Waals surface area contributed by atoms with Gasteiger partial charge in [0.2, 0.25) is 0 Å². The Morgan fingerprint density at radius 1 is 1.06 bits per heavy atom. The Bertz CT molecular complexity index is 1060. The molecule has 1 aliphatic heterocycles. The van der Waals surface area contributed by atoms with Gasteiger partial charge in [0, 0.05) is 49.3 Å². The number of aromatic amines is 1. The number of benzene rings is 2. The predicted octanol–water partition coefficient (Wildman–Crippen LogP) is 4.65. The topological polar surface area (TPSA) is 68.8 Å². The highest BCUT2D eigenvalue weighted by Gasteiger charge is 2.19. The van der Waals surface area contributed by atoms with Crippen molar-refractivity contribution >= 4 is 22.7 Å². The highest BCUT2D eigenvalue weighted by Crippen LogP contribution is 2.25. The molecule has 2 heterocycles. The van der Waals surface area contributed by atoms with Gasteiger partial charge in [-0.25, -0.2) is 13.6 Å². The molecule has 1 aromatic heterocycles. The van der Waals surface area contributed by atoms with E-state index in [-0.39, 0.29) is 0 Å². The summed E-state index contributed by atoms with van der Waals surface area (Å²) >= 11 is 0. The summed E-state index contributed by atoms with van der Waals surface area (Å²) in [7, 11) is 0. The number of aromatic nitrogens is 1.